The van der Waals surface area contributed by atoms with Gasteiger partial charge in [0.25, 0.3) is 16.1 Å². The molecule has 9 nitrogen and oxygen atoms in total. The summed E-state index contributed by atoms with van der Waals surface area (Å²) in [5.41, 5.74) is 1.91. The van der Waals surface area contributed by atoms with Gasteiger partial charge < -0.3 is 4.90 Å². The van der Waals surface area contributed by atoms with Crippen molar-refractivity contribution >= 4 is 27.1 Å². The fraction of sp³-hybridized carbons (Fsp3) is 0.562. The van der Waals surface area contributed by atoms with Gasteiger partial charge >= 0.3 is 0 Å². The predicted octanol–water partition coefficient (Wildman–Crippen LogP) is 0.301. The fourth-order valence-electron chi connectivity index (χ4n) is 3.85. The molecule has 1 N–H and O–H groups in total. The van der Waals surface area contributed by atoms with E-state index in [1.165, 1.54) is 22.7 Å². The van der Waals surface area contributed by atoms with E-state index in [0.717, 1.165) is 12.8 Å². The number of carbonyl (C=O) groups excluding carboxylic acids is 1. The Morgan fingerprint density at radius 2 is 1.92 bits per heavy atom. The molecular weight excluding hydrogens is 356 g/mol. The number of hydrogen-bond donors (Lipinski definition) is 1. The highest BCUT2D eigenvalue weighted by atomic mass is 32.2. The SMILES string of the molecule is CN(C)S(=O)(=O)N1C[C@@H]2CC[C@H](C1)N(C(=O)c1ccc3n[nH]nc3c1)C2. The summed E-state index contributed by atoms with van der Waals surface area (Å²) in [6.07, 6.45) is 1.76. The number of hydrogen-bond acceptors (Lipinski definition) is 5. The van der Waals surface area contributed by atoms with Crippen LogP contribution in [0.4, 0.5) is 0 Å². The molecule has 0 radical (unpaired) electrons. The zero-order valence-electron chi connectivity index (χ0n) is 14.8. The second kappa shape index (κ2) is 6.29. The molecule has 3 aliphatic heterocycles. The molecule has 2 bridgehead atoms. The normalized spacial score (nSPS) is 24.3. The molecule has 1 aromatic heterocycles. The number of carbonyl (C=O) groups is 1. The molecule has 10 heteroatoms. The van der Waals surface area contributed by atoms with Crippen LogP contribution in [0.2, 0.25) is 0 Å². The second-order valence-electron chi connectivity index (χ2n) is 7.19. The van der Waals surface area contributed by atoms with Crippen molar-refractivity contribution in [2.24, 2.45) is 5.92 Å². The molecule has 3 fully saturated rings. The van der Waals surface area contributed by atoms with Crippen molar-refractivity contribution in [3.8, 4) is 0 Å². The van der Waals surface area contributed by atoms with Crippen LogP contribution in [0.5, 0.6) is 0 Å². The molecule has 1 aromatic carbocycles. The van der Waals surface area contributed by atoms with E-state index in [1.807, 2.05) is 4.90 Å². The lowest BCUT2D eigenvalue weighted by molar-refractivity contribution is 0.0588. The Kier molecular flexibility index (Phi) is 4.20. The van der Waals surface area contributed by atoms with Crippen LogP contribution in [0.15, 0.2) is 18.2 Å². The number of rotatable bonds is 3. The number of piperidine rings is 1. The minimum absolute atomic E-state index is 0.0753. The molecule has 2 aromatic rings. The third-order valence-electron chi connectivity index (χ3n) is 5.29. The third kappa shape index (κ3) is 2.87. The lowest BCUT2D eigenvalue weighted by Gasteiger charge is -2.36. The van der Waals surface area contributed by atoms with Gasteiger partial charge in [0.05, 0.1) is 0 Å². The van der Waals surface area contributed by atoms with E-state index in [-0.39, 0.29) is 17.9 Å². The molecule has 0 spiro atoms. The van der Waals surface area contributed by atoms with Crippen LogP contribution in [0.25, 0.3) is 11.0 Å². The van der Waals surface area contributed by atoms with Gasteiger partial charge in [-0.25, -0.2) is 0 Å². The summed E-state index contributed by atoms with van der Waals surface area (Å²) in [6.45, 7) is 1.39. The molecule has 0 unspecified atom stereocenters. The summed E-state index contributed by atoms with van der Waals surface area (Å²) in [7, 11) is -0.398. The standard InChI is InChI=1S/C16H22N6O3S/c1-20(2)26(24,25)21-8-11-3-5-13(10-21)22(9-11)16(23)12-4-6-14-15(7-12)18-19-17-14/h4,6-7,11,13H,3,5,8-10H2,1-2H3,(H,17,18,19)/t11-,13+/m0/s1. The monoisotopic (exact) mass is 378 g/mol. The zero-order chi connectivity index (χ0) is 18.5. The first-order valence-corrected chi connectivity index (χ1v) is 10.0. The van der Waals surface area contributed by atoms with Crippen molar-refractivity contribution in [1.82, 2.24) is 28.9 Å². The number of nitrogens with zero attached hydrogens (tertiary/aromatic N) is 5. The zero-order valence-corrected chi connectivity index (χ0v) is 15.6. The summed E-state index contributed by atoms with van der Waals surface area (Å²) < 4.78 is 27.9. The Balaban J connectivity index is 1.61. The van der Waals surface area contributed by atoms with Crippen molar-refractivity contribution in [2.75, 3.05) is 33.7 Å². The molecule has 0 saturated carbocycles. The first-order valence-electron chi connectivity index (χ1n) is 8.65. The summed E-state index contributed by atoms with van der Waals surface area (Å²) in [5, 5.41) is 10.6. The third-order valence-corrected chi connectivity index (χ3v) is 7.17. The number of nitrogens with one attached hydrogen (secondary N) is 1. The van der Waals surface area contributed by atoms with Crippen LogP contribution in [0.1, 0.15) is 23.2 Å². The topological polar surface area (TPSA) is 103 Å². The number of amides is 1. The van der Waals surface area contributed by atoms with E-state index in [2.05, 4.69) is 15.4 Å². The molecule has 1 amide bonds. The maximum atomic E-state index is 13.1. The van der Waals surface area contributed by atoms with Gasteiger partial charge in [0.15, 0.2) is 0 Å². The predicted molar refractivity (Wildman–Crippen MR) is 95.6 cm³/mol. The van der Waals surface area contributed by atoms with Crippen molar-refractivity contribution < 1.29 is 13.2 Å². The molecule has 0 aliphatic carbocycles. The number of H-pyrrole nitrogens is 1. The van der Waals surface area contributed by atoms with Crippen LogP contribution >= 0.6 is 0 Å². The first kappa shape index (κ1) is 17.4. The number of aromatic amines is 1. The van der Waals surface area contributed by atoms with Gasteiger partial charge in [-0.2, -0.15) is 32.4 Å². The van der Waals surface area contributed by atoms with Crippen LogP contribution in [-0.2, 0) is 10.2 Å². The van der Waals surface area contributed by atoms with E-state index in [1.54, 1.807) is 18.2 Å². The van der Waals surface area contributed by atoms with Gasteiger partial charge in [0, 0.05) is 45.3 Å². The van der Waals surface area contributed by atoms with Crippen molar-refractivity contribution in [3.05, 3.63) is 23.8 Å². The highest BCUT2D eigenvalue weighted by Gasteiger charge is 2.41. The summed E-state index contributed by atoms with van der Waals surface area (Å²) in [4.78, 5) is 14.9. The van der Waals surface area contributed by atoms with E-state index in [0.29, 0.717) is 36.2 Å². The van der Waals surface area contributed by atoms with Gasteiger partial charge in [-0.05, 0) is 37.0 Å². The van der Waals surface area contributed by atoms with E-state index < -0.39 is 10.2 Å². The van der Waals surface area contributed by atoms with Crippen LogP contribution < -0.4 is 0 Å². The molecule has 3 saturated heterocycles. The summed E-state index contributed by atoms with van der Waals surface area (Å²) in [5.74, 6) is 0.0805. The van der Waals surface area contributed by atoms with Gasteiger partial charge in [-0.15, -0.1) is 0 Å². The van der Waals surface area contributed by atoms with Crippen LogP contribution in [0, 0.1) is 5.92 Å². The molecule has 5 rings (SSSR count). The lowest BCUT2D eigenvalue weighted by Crippen LogP contribution is -2.48. The van der Waals surface area contributed by atoms with Gasteiger partial charge in [0.2, 0.25) is 0 Å². The van der Waals surface area contributed by atoms with Crippen molar-refractivity contribution in [3.63, 3.8) is 0 Å². The van der Waals surface area contributed by atoms with Gasteiger partial charge in [0.1, 0.15) is 11.0 Å². The smallest absolute Gasteiger partial charge is 0.281 e. The largest absolute Gasteiger partial charge is 0.334 e. The minimum atomic E-state index is -3.48. The average Bonchev–Trinajstić information content (AvgIpc) is 2.88. The number of benzene rings is 1. The Bertz CT molecular complexity index is 940. The van der Waals surface area contributed by atoms with Crippen molar-refractivity contribution in [2.45, 2.75) is 18.9 Å². The van der Waals surface area contributed by atoms with Crippen LogP contribution in [0.3, 0.4) is 0 Å². The number of aromatic nitrogens is 3. The highest BCUT2D eigenvalue weighted by Crippen LogP contribution is 2.31. The second-order valence-corrected chi connectivity index (χ2v) is 9.33. The van der Waals surface area contributed by atoms with E-state index in [9.17, 15) is 13.2 Å². The molecule has 3 aliphatic rings. The maximum Gasteiger partial charge on any atom is 0.281 e. The highest BCUT2D eigenvalue weighted by molar-refractivity contribution is 7.86. The van der Waals surface area contributed by atoms with E-state index in [4.69, 9.17) is 0 Å². The molecular formula is C16H22N6O3S. The van der Waals surface area contributed by atoms with Crippen LogP contribution in [-0.4, -0.2) is 83.0 Å². The minimum Gasteiger partial charge on any atom is -0.334 e. The number of fused-ring (bicyclic) bond motifs is 5. The Morgan fingerprint density at radius 1 is 1.15 bits per heavy atom. The molecule has 2 atom stereocenters. The van der Waals surface area contributed by atoms with Gasteiger partial charge in [-0.3, -0.25) is 4.79 Å². The molecule has 26 heavy (non-hydrogen) atoms. The molecule has 140 valence electrons. The Labute approximate surface area is 152 Å². The summed E-state index contributed by atoms with van der Waals surface area (Å²) >= 11 is 0. The quantitative estimate of drug-likeness (QED) is 0.828. The van der Waals surface area contributed by atoms with Crippen molar-refractivity contribution in [1.29, 1.82) is 0 Å². The fourth-order valence-corrected chi connectivity index (χ4v) is 5.07. The summed E-state index contributed by atoms with van der Waals surface area (Å²) in [6, 6.07) is 5.14. The van der Waals surface area contributed by atoms with Gasteiger partial charge in [-0.1, -0.05) is 0 Å². The molecule has 4 heterocycles. The Hall–Kier alpha value is -2.04. The lowest BCUT2D eigenvalue weighted by atomic mass is 9.94. The average molecular weight is 378 g/mol. The van der Waals surface area contributed by atoms with E-state index >= 15 is 0 Å². The maximum absolute atomic E-state index is 13.1. The first-order chi connectivity index (χ1) is 12.4. The Morgan fingerprint density at radius 3 is 2.69 bits per heavy atom.